The highest BCUT2D eigenvalue weighted by Gasteiger charge is 2.34. The molecule has 0 aromatic carbocycles. The topological polar surface area (TPSA) is 90.2 Å². The molecule has 1 aromatic rings. The summed E-state index contributed by atoms with van der Waals surface area (Å²) in [7, 11) is 1.78. The van der Waals surface area contributed by atoms with Gasteiger partial charge in [-0.25, -0.2) is 0 Å². The number of nitrogens with zero attached hydrogens (tertiary/aromatic N) is 4. The molecule has 1 fully saturated rings. The first-order valence-electron chi connectivity index (χ1n) is 6.20. The lowest BCUT2D eigenvalue weighted by Crippen LogP contribution is -2.50. The molecule has 2 N–H and O–H groups in total. The van der Waals surface area contributed by atoms with Crippen molar-refractivity contribution in [2.75, 3.05) is 11.4 Å². The molecule has 7 heteroatoms. The zero-order valence-corrected chi connectivity index (χ0v) is 10.7. The largest absolute Gasteiger partial charge is 0.406 e. The lowest BCUT2D eigenvalue weighted by atomic mass is 9.96. The minimum absolute atomic E-state index is 0.0790. The Bertz CT molecular complexity index is 445. The molecule has 2 rings (SSSR count). The summed E-state index contributed by atoms with van der Waals surface area (Å²) in [5.74, 6) is 0.493. The number of imidazole rings is 1. The smallest absolute Gasteiger partial charge is 0.358 e. The van der Waals surface area contributed by atoms with Crippen LogP contribution in [0.15, 0.2) is 6.33 Å². The standard InChI is InChI=1S/C11H19N5O2/c1-8-4-3-5-9(6-12)15(8)11-10(16(17)18)13-7-14(11)2/h7-9H,3-6,12H2,1-2H3. The van der Waals surface area contributed by atoms with E-state index in [1.807, 2.05) is 0 Å². The van der Waals surface area contributed by atoms with E-state index in [0.29, 0.717) is 12.4 Å². The van der Waals surface area contributed by atoms with Crippen molar-refractivity contribution in [2.24, 2.45) is 12.8 Å². The maximum Gasteiger partial charge on any atom is 0.406 e. The van der Waals surface area contributed by atoms with Gasteiger partial charge in [-0.2, -0.15) is 0 Å². The van der Waals surface area contributed by atoms with Gasteiger partial charge in [0.2, 0.25) is 12.1 Å². The summed E-state index contributed by atoms with van der Waals surface area (Å²) in [4.78, 5) is 16.6. The third-order valence-corrected chi connectivity index (χ3v) is 3.60. The van der Waals surface area contributed by atoms with Crippen molar-refractivity contribution in [1.82, 2.24) is 9.55 Å². The van der Waals surface area contributed by atoms with E-state index in [0.717, 1.165) is 19.3 Å². The number of anilines is 1. The number of aromatic nitrogens is 2. The molecule has 100 valence electrons. The first kappa shape index (κ1) is 12.8. The Kier molecular flexibility index (Phi) is 3.51. The molecule has 1 aromatic heterocycles. The van der Waals surface area contributed by atoms with E-state index in [2.05, 4.69) is 16.8 Å². The van der Waals surface area contributed by atoms with Gasteiger partial charge in [-0.15, -0.1) is 0 Å². The van der Waals surface area contributed by atoms with E-state index < -0.39 is 4.92 Å². The number of nitrogens with two attached hydrogens (primary N) is 1. The first-order valence-corrected chi connectivity index (χ1v) is 6.20. The SMILES string of the molecule is CC1CCCC(CN)N1c1c([N+](=O)[O-])ncn1C. The Labute approximate surface area is 106 Å². The van der Waals surface area contributed by atoms with Crippen LogP contribution >= 0.6 is 0 Å². The van der Waals surface area contributed by atoms with Crippen LogP contribution in [0.5, 0.6) is 0 Å². The van der Waals surface area contributed by atoms with E-state index in [-0.39, 0.29) is 17.9 Å². The summed E-state index contributed by atoms with van der Waals surface area (Å²) < 4.78 is 1.71. The number of piperidine rings is 1. The maximum absolute atomic E-state index is 11.1. The number of rotatable bonds is 3. The fourth-order valence-corrected chi connectivity index (χ4v) is 2.74. The maximum atomic E-state index is 11.1. The number of aryl methyl sites for hydroxylation is 1. The summed E-state index contributed by atoms with van der Waals surface area (Å²) in [6.45, 7) is 2.59. The second kappa shape index (κ2) is 4.93. The summed E-state index contributed by atoms with van der Waals surface area (Å²) in [6.07, 6.45) is 4.61. The van der Waals surface area contributed by atoms with Gasteiger partial charge < -0.3 is 20.7 Å². The molecule has 0 radical (unpaired) electrons. The highest BCUT2D eigenvalue weighted by atomic mass is 16.6. The summed E-state index contributed by atoms with van der Waals surface area (Å²) in [5.41, 5.74) is 5.80. The zero-order chi connectivity index (χ0) is 13.3. The lowest BCUT2D eigenvalue weighted by Gasteiger charge is -2.41. The van der Waals surface area contributed by atoms with E-state index in [9.17, 15) is 10.1 Å². The van der Waals surface area contributed by atoms with E-state index >= 15 is 0 Å². The molecule has 0 amide bonds. The molecular weight excluding hydrogens is 234 g/mol. The van der Waals surface area contributed by atoms with Crippen LogP contribution in [0.3, 0.4) is 0 Å². The molecule has 2 heterocycles. The molecule has 1 aliphatic rings. The van der Waals surface area contributed by atoms with Crippen molar-refractivity contribution in [1.29, 1.82) is 0 Å². The van der Waals surface area contributed by atoms with Crippen LogP contribution in [-0.4, -0.2) is 33.1 Å². The van der Waals surface area contributed by atoms with Gasteiger partial charge in [-0.05, 0) is 36.1 Å². The van der Waals surface area contributed by atoms with Gasteiger partial charge in [0.15, 0.2) is 0 Å². The molecular formula is C11H19N5O2. The van der Waals surface area contributed by atoms with Crippen molar-refractivity contribution in [2.45, 2.75) is 38.3 Å². The fraction of sp³-hybridized carbons (Fsp3) is 0.727. The predicted molar refractivity (Wildman–Crippen MR) is 68.5 cm³/mol. The summed E-state index contributed by atoms with van der Waals surface area (Å²) in [6, 6.07) is 0.407. The highest BCUT2D eigenvalue weighted by molar-refractivity contribution is 5.56. The van der Waals surface area contributed by atoms with E-state index in [1.165, 1.54) is 6.33 Å². The quantitative estimate of drug-likeness (QED) is 0.642. The van der Waals surface area contributed by atoms with Crippen LogP contribution in [0.4, 0.5) is 11.6 Å². The zero-order valence-electron chi connectivity index (χ0n) is 10.7. The van der Waals surface area contributed by atoms with Crippen LogP contribution in [0.25, 0.3) is 0 Å². The molecule has 2 unspecified atom stereocenters. The van der Waals surface area contributed by atoms with Gasteiger partial charge in [0.05, 0.1) is 0 Å². The van der Waals surface area contributed by atoms with Crippen LogP contribution in [-0.2, 0) is 7.05 Å². The molecule has 0 spiro atoms. The Hall–Kier alpha value is -1.63. The van der Waals surface area contributed by atoms with Crippen LogP contribution in [0.2, 0.25) is 0 Å². The van der Waals surface area contributed by atoms with Gasteiger partial charge in [0.25, 0.3) is 0 Å². The average Bonchev–Trinajstić information content (AvgIpc) is 2.71. The monoisotopic (exact) mass is 253 g/mol. The third kappa shape index (κ3) is 2.05. The van der Waals surface area contributed by atoms with Crippen LogP contribution in [0.1, 0.15) is 26.2 Å². The number of hydrogen-bond acceptors (Lipinski definition) is 5. The van der Waals surface area contributed by atoms with Gasteiger partial charge in [0.1, 0.15) is 0 Å². The lowest BCUT2D eigenvalue weighted by molar-refractivity contribution is -0.388. The summed E-state index contributed by atoms with van der Waals surface area (Å²) >= 11 is 0. The Morgan fingerprint density at radius 1 is 1.61 bits per heavy atom. The van der Waals surface area contributed by atoms with Crippen molar-refractivity contribution in [3.8, 4) is 0 Å². The molecule has 0 bridgehead atoms. The van der Waals surface area contributed by atoms with Gasteiger partial charge >= 0.3 is 5.82 Å². The average molecular weight is 253 g/mol. The molecule has 1 aliphatic heterocycles. The Balaban J connectivity index is 2.44. The van der Waals surface area contributed by atoms with Gasteiger partial charge in [-0.1, -0.05) is 0 Å². The molecule has 7 nitrogen and oxygen atoms in total. The Morgan fingerprint density at radius 3 is 2.94 bits per heavy atom. The predicted octanol–water partition coefficient (Wildman–Crippen LogP) is 1.03. The van der Waals surface area contributed by atoms with E-state index in [4.69, 9.17) is 5.73 Å². The number of nitro groups is 1. The van der Waals surface area contributed by atoms with E-state index in [1.54, 1.807) is 11.6 Å². The van der Waals surface area contributed by atoms with Crippen LogP contribution < -0.4 is 10.6 Å². The van der Waals surface area contributed by atoms with Crippen molar-refractivity contribution in [3.63, 3.8) is 0 Å². The third-order valence-electron chi connectivity index (χ3n) is 3.60. The second-order valence-corrected chi connectivity index (χ2v) is 4.84. The van der Waals surface area contributed by atoms with Crippen molar-refractivity contribution < 1.29 is 4.92 Å². The highest BCUT2D eigenvalue weighted by Crippen LogP contribution is 2.34. The van der Waals surface area contributed by atoms with Crippen molar-refractivity contribution >= 4 is 11.6 Å². The van der Waals surface area contributed by atoms with Crippen LogP contribution in [0, 0.1) is 10.1 Å². The molecule has 18 heavy (non-hydrogen) atoms. The minimum Gasteiger partial charge on any atom is -0.358 e. The second-order valence-electron chi connectivity index (χ2n) is 4.84. The normalized spacial score (nSPS) is 24.3. The molecule has 0 saturated carbocycles. The fourth-order valence-electron chi connectivity index (χ4n) is 2.74. The molecule has 1 saturated heterocycles. The van der Waals surface area contributed by atoms with Gasteiger partial charge in [-0.3, -0.25) is 4.57 Å². The number of hydrogen-bond donors (Lipinski definition) is 1. The Morgan fingerprint density at radius 2 is 2.33 bits per heavy atom. The van der Waals surface area contributed by atoms with Gasteiger partial charge in [0, 0.05) is 25.7 Å². The summed E-state index contributed by atoms with van der Waals surface area (Å²) in [5, 5.41) is 11.1. The molecule has 2 atom stereocenters. The minimum atomic E-state index is -0.426. The molecule has 0 aliphatic carbocycles. The van der Waals surface area contributed by atoms with Crippen molar-refractivity contribution in [3.05, 3.63) is 16.4 Å². The first-order chi connectivity index (χ1) is 8.56.